The van der Waals surface area contributed by atoms with Crippen molar-refractivity contribution in [2.75, 3.05) is 18.5 Å². The van der Waals surface area contributed by atoms with Crippen LogP contribution < -0.4 is 10.2 Å². The lowest BCUT2D eigenvalue weighted by Crippen LogP contribution is -2.37. The monoisotopic (exact) mass is 294 g/mol. The number of nitrogens with one attached hydrogen (secondary N) is 1. The minimum atomic E-state index is 0.675. The number of hydrogen-bond acceptors (Lipinski definition) is 2. The van der Waals surface area contributed by atoms with Crippen molar-refractivity contribution >= 4 is 17.3 Å². The lowest BCUT2D eigenvalue weighted by molar-refractivity contribution is 0.533. The second kappa shape index (κ2) is 7.33. The first kappa shape index (κ1) is 15.7. The maximum atomic E-state index is 6.18. The first-order valence-electron chi connectivity index (χ1n) is 7.81. The summed E-state index contributed by atoms with van der Waals surface area (Å²) in [5.41, 5.74) is 2.68. The number of anilines is 1. The van der Waals surface area contributed by atoms with Gasteiger partial charge in [-0.05, 0) is 49.6 Å². The average molecular weight is 295 g/mol. The molecule has 0 aromatic heterocycles. The Morgan fingerprint density at radius 3 is 2.60 bits per heavy atom. The van der Waals surface area contributed by atoms with E-state index >= 15 is 0 Å². The zero-order valence-electron chi connectivity index (χ0n) is 13.0. The van der Waals surface area contributed by atoms with E-state index in [0.717, 1.165) is 18.1 Å². The van der Waals surface area contributed by atoms with Crippen molar-refractivity contribution in [1.29, 1.82) is 0 Å². The van der Waals surface area contributed by atoms with Gasteiger partial charge in [0.25, 0.3) is 0 Å². The Bertz CT molecular complexity index is 425. The van der Waals surface area contributed by atoms with Gasteiger partial charge in [0.05, 0.1) is 0 Å². The normalized spacial score (nSPS) is 16.1. The predicted octanol–water partition coefficient (Wildman–Crippen LogP) is 4.46. The van der Waals surface area contributed by atoms with Gasteiger partial charge in [-0.1, -0.05) is 38.3 Å². The first-order valence-corrected chi connectivity index (χ1v) is 8.19. The molecular weight excluding hydrogens is 268 g/mol. The number of hydrogen-bond donors (Lipinski definition) is 1. The fourth-order valence-corrected chi connectivity index (χ4v) is 3.41. The summed E-state index contributed by atoms with van der Waals surface area (Å²) in [6, 6.07) is 7.04. The van der Waals surface area contributed by atoms with Crippen LogP contribution in [-0.4, -0.2) is 19.6 Å². The minimum Gasteiger partial charge on any atom is -0.368 e. The summed E-state index contributed by atoms with van der Waals surface area (Å²) in [5, 5.41) is 4.09. The van der Waals surface area contributed by atoms with Crippen LogP contribution in [0.25, 0.3) is 0 Å². The van der Waals surface area contributed by atoms with E-state index in [2.05, 4.69) is 36.2 Å². The van der Waals surface area contributed by atoms with E-state index in [1.54, 1.807) is 0 Å². The molecule has 3 heteroatoms. The molecule has 0 saturated heterocycles. The summed E-state index contributed by atoms with van der Waals surface area (Å²) in [6.45, 7) is 6.60. The fourth-order valence-electron chi connectivity index (χ4n) is 3.22. The van der Waals surface area contributed by atoms with Crippen molar-refractivity contribution in [2.24, 2.45) is 5.92 Å². The molecule has 1 aliphatic carbocycles. The molecule has 1 aromatic carbocycles. The molecule has 2 rings (SSSR count). The van der Waals surface area contributed by atoms with Crippen LogP contribution in [0.2, 0.25) is 5.02 Å². The summed E-state index contributed by atoms with van der Waals surface area (Å²) in [5.74, 6) is 0.675. The molecule has 1 fully saturated rings. The summed E-state index contributed by atoms with van der Waals surface area (Å²) in [7, 11) is 1.99. The molecule has 1 aromatic rings. The van der Waals surface area contributed by atoms with Gasteiger partial charge < -0.3 is 10.2 Å². The first-order chi connectivity index (χ1) is 9.61. The summed E-state index contributed by atoms with van der Waals surface area (Å²) >= 11 is 6.18. The Balaban J connectivity index is 2.31. The Labute approximate surface area is 128 Å². The van der Waals surface area contributed by atoms with Gasteiger partial charge in [-0.25, -0.2) is 0 Å². The van der Waals surface area contributed by atoms with Crippen molar-refractivity contribution in [3.63, 3.8) is 0 Å². The van der Waals surface area contributed by atoms with E-state index < -0.39 is 0 Å². The molecular formula is C17H27ClN2. The van der Waals surface area contributed by atoms with Crippen molar-refractivity contribution in [2.45, 2.75) is 52.1 Å². The van der Waals surface area contributed by atoms with E-state index in [0.29, 0.717) is 12.0 Å². The van der Waals surface area contributed by atoms with Gasteiger partial charge in [0, 0.05) is 29.8 Å². The van der Waals surface area contributed by atoms with Crippen LogP contribution in [0.4, 0.5) is 5.69 Å². The second-order valence-electron chi connectivity index (χ2n) is 6.29. The maximum absolute atomic E-state index is 6.18. The van der Waals surface area contributed by atoms with Crippen LogP contribution in [0.5, 0.6) is 0 Å². The predicted molar refractivity (Wildman–Crippen MR) is 88.7 cm³/mol. The van der Waals surface area contributed by atoms with Crippen molar-refractivity contribution in [3.05, 3.63) is 28.8 Å². The Morgan fingerprint density at radius 2 is 2.00 bits per heavy atom. The van der Waals surface area contributed by atoms with Crippen LogP contribution in [0.1, 0.15) is 45.1 Å². The van der Waals surface area contributed by atoms with Gasteiger partial charge in [-0.2, -0.15) is 0 Å². The topological polar surface area (TPSA) is 15.3 Å². The van der Waals surface area contributed by atoms with E-state index in [4.69, 9.17) is 11.6 Å². The van der Waals surface area contributed by atoms with Crippen molar-refractivity contribution < 1.29 is 0 Å². The highest BCUT2D eigenvalue weighted by molar-refractivity contribution is 6.30. The molecule has 0 radical (unpaired) electrons. The highest BCUT2D eigenvalue weighted by Gasteiger charge is 2.25. The van der Waals surface area contributed by atoms with E-state index in [-0.39, 0.29) is 0 Å². The number of nitrogens with zero attached hydrogens (tertiary/aromatic N) is 1. The van der Waals surface area contributed by atoms with Gasteiger partial charge >= 0.3 is 0 Å². The zero-order chi connectivity index (χ0) is 14.5. The lowest BCUT2D eigenvalue weighted by Gasteiger charge is -2.34. The fraction of sp³-hybridized carbons (Fsp3) is 0.647. The second-order valence-corrected chi connectivity index (χ2v) is 6.72. The molecule has 0 atom stereocenters. The third kappa shape index (κ3) is 3.89. The van der Waals surface area contributed by atoms with E-state index in [1.807, 2.05) is 13.1 Å². The standard InChI is InChI=1S/C17H27ClN2/c1-13(2)12-20(16-6-4-5-7-16)17-9-8-15(18)10-14(17)11-19-3/h8-10,13,16,19H,4-7,11-12H2,1-3H3. The molecule has 0 amide bonds. The molecule has 1 N–H and O–H groups in total. The van der Waals surface area contributed by atoms with Gasteiger partial charge in [0.15, 0.2) is 0 Å². The summed E-state index contributed by atoms with van der Waals surface area (Å²) < 4.78 is 0. The number of rotatable bonds is 6. The van der Waals surface area contributed by atoms with Crippen LogP contribution in [0.15, 0.2) is 18.2 Å². The minimum absolute atomic E-state index is 0.675. The Kier molecular flexibility index (Phi) is 5.74. The van der Waals surface area contributed by atoms with E-state index in [1.165, 1.54) is 36.9 Å². The molecule has 112 valence electrons. The van der Waals surface area contributed by atoms with Crippen LogP contribution in [-0.2, 0) is 6.54 Å². The smallest absolute Gasteiger partial charge is 0.0415 e. The molecule has 0 bridgehead atoms. The van der Waals surface area contributed by atoms with Gasteiger partial charge in [-0.15, -0.1) is 0 Å². The molecule has 0 spiro atoms. The molecule has 0 aliphatic heterocycles. The third-order valence-corrected chi connectivity index (χ3v) is 4.28. The van der Waals surface area contributed by atoms with Crippen LogP contribution in [0.3, 0.4) is 0 Å². The SMILES string of the molecule is CNCc1cc(Cl)ccc1N(CC(C)C)C1CCCC1. The molecule has 0 heterocycles. The van der Waals surface area contributed by atoms with E-state index in [9.17, 15) is 0 Å². The largest absolute Gasteiger partial charge is 0.368 e. The zero-order valence-corrected chi connectivity index (χ0v) is 13.7. The third-order valence-electron chi connectivity index (χ3n) is 4.05. The lowest BCUT2D eigenvalue weighted by atomic mass is 10.1. The highest BCUT2D eigenvalue weighted by Crippen LogP contribution is 2.32. The summed E-state index contributed by atoms with van der Waals surface area (Å²) in [6.07, 6.45) is 5.39. The molecule has 0 unspecified atom stereocenters. The molecule has 1 aliphatic rings. The number of benzene rings is 1. The molecule has 2 nitrogen and oxygen atoms in total. The Morgan fingerprint density at radius 1 is 1.30 bits per heavy atom. The van der Waals surface area contributed by atoms with Crippen LogP contribution >= 0.6 is 11.6 Å². The van der Waals surface area contributed by atoms with Crippen molar-refractivity contribution in [1.82, 2.24) is 5.32 Å². The Hall–Kier alpha value is -0.730. The molecule has 20 heavy (non-hydrogen) atoms. The molecule has 1 saturated carbocycles. The maximum Gasteiger partial charge on any atom is 0.0415 e. The quantitative estimate of drug-likeness (QED) is 0.833. The van der Waals surface area contributed by atoms with Gasteiger partial charge in [0.2, 0.25) is 0 Å². The van der Waals surface area contributed by atoms with Crippen LogP contribution in [0, 0.1) is 5.92 Å². The average Bonchev–Trinajstić information content (AvgIpc) is 2.90. The number of halogens is 1. The highest BCUT2D eigenvalue weighted by atomic mass is 35.5. The summed E-state index contributed by atoms with van der Waals surface area (Å²) in [4.78, 5) is 2.63. The van der Waals surface area contributed by atoms with Crippen molar-refractivity contribution in [3.8, 4) is 0 Å². The van der Waals surface area contributed by atoms with Gasteiger partial charge in [0.1, 0.15) is 0 Å². The van der Waals surface area contributed by atoms with Gasteiger partial charge in [-0.3, -0.25) is 0 Å².